The smallest absolute Gasteiger partial charge is 0.0459 e. The SMILES string of the molecule is CCN1CCc2cc3cc(C)[nH]c3cc2C1. The van der Waals surface area contributed by atoms with Crippen LogP contribution in [0.5, 0.6) is 0 Å². The van der Waals surface area contributed by atoms with Crippen LogP contribution in [-0.4, -0.2) is 23.0 Å². The largest absolute Gasteiger partial charge is 0.359 e. The van der Waals surface area contributed by atoms with E-state index >= 15 is 0 Å². The Hall–Kier alpha value is -1.28. The second kappa shape index (κ2) is 3.63. The van der Waals surface area contributed by atoms with E-state index in [0.29, 0.717) is 0 Å². The predicted octanol–water partition coefficient (Wildman–Crippen LogP) is 2.85. The molecule has 0 bridgehead atoms. The molecule has 16 heavy (non-hydrogen) atoms. The lowest BCUT2D eigenvalue weighted by atomic mass is 9.98. The molecule has 84 valence electrons. The van der Waals surface area contributed by atoms with E-state index in [9.17, 15) is 0 Å². The molecule has 1 aromatic carbocycles. The molecule has 0 radical (unpaired) electrons. The summed E-state index contributed by atoms with van der Waals surface area (Å²) in [6, 6.07) is 6.93. The summed E-state index contributed by atoms with van der Waals surface area (Å²) in [4.78, 5) is 5.93. The Bertz CT molecular complexity index is 525. The van der Waals surface area contributed by atoms with Crippen LogP contribution in [0.15, 0.2) is 18.2 Å². The Morgan fingerprint density at radius 2 is 2.12 bits per heavy atom. The van der Waals surface area contributed by atoms with E-state index in [0.717, 1.165) is 13.1 Å². The lowest BCUT2D eigenvalue weighted by Crippen LogP contribution is -2.30. The van der Waals surface area contributed by atoms with Crippen molar-refractivity contribution >= 4 is 10.9 Å². The van der Waals surface area contributed by atoms with E-state index in [1.807, 2.05) is 0 Å². The number of hydrogen-bond acceptors (Lipinski definition) is 1. The number of aromatic amines is 1. The summed E-state index contributed by atoms with van der Waals surface area (Å²) in [5, 5.41) is 1.36. The fourth-order valence-corrected chi connectivity index (χ4v) is 2.67. The average Bonchev–Trinajstić information content (AvgIpc) is 2.64. The van der Waals surface area contributed by atoms with Gasteiger partial charge in [-0.2, -0.15) is 0 Å². The maximum absolute atomic E-state index is 3.42. The maximum atomic E-state index is 3.42. The van der Waals surface area contributed by atoms with Crippen molar-refractivity contribution in [3.05, 3.63) is 35.0 Å². The molecule has 2 heterocycles. The van der Waals surface area contributed by atoms with E-state index in [2.05, 4.69) is 41.9 Å². The van der Waals surface area contributed by atoms with Crippen LogP contribution < -0.4 is 0 Å². The topological polar surface area (TPSA) is 19.0 Å². The van der Waals surface area contributed by atoms with Crippen molar-refractivity contribution in [2.24, 2.45) is 0 Å². The minimum atomic E-state index is 1.11. The molecule has 1 aliphatic heterocycles. The zero-order chi connectivity index (χ0) is 11.1. The normalized spacial score (nSPS) is 16.6. The van der Waals surface area contributed by atoms with Crippen molar-refractivity contribution in [1.82, 2.24) is 9.88 Å². The highest BCUT2D eigenvalue weighted by molar-refractivity contribution is 5.82. The molecule has 0 atom stereocenters. The first-order valence-corrected chi connectivity index (χ1v) is 6.09. The van der Waals surface area contributed by atoms with Crippen LogP contribution in [0.25, 0.3) is 10.9 Å². The van der Waals surface area contributed by atoms with Crippen LogP contribution in [0.3, 0.4) is 0 Å². The predicted molar refractivity (Wildman–Crippen MR) is 67.7 cm³/mol. The van der Waals surface area contributed by atoms with Gasteiger partial charge in [-0.05, 0) is 54.6 Å². The lowest BCUT2D eigenvalue weighted by Gasteiger charge is -2.27. The van der Waals surface area contributed by atoms with Gasteiger partial charge in [0.1, 0.15) is 0 Å². The molecule has 1 aromatic heterocycles. The number of rotatable bonds is 1. The Morgan fingerprint density at radius 3 is 2.94 bits per heavy atom. The third kappa shape index (κ3) is 1.54. The first-order valence-electron chi connectivity index (χ1n) is 6.09. The minimum absolute atomic E-state index is 1.11. The number of nitrogens with one attached hydrogen (secondary N) is 1. The molecule has 2 heteroatoms. The van der Waals surface area contributed by atoms with Gasteiger partial charge in [0.2, 0.25) is 0 Å². The highest BCUT2D eigenvalue weighted by atomic mass is 15.1. The van der Waals surface area contributed by atoms with Gasteiger partial charge >= 0.3 is 0 Å². The molecule has 0 aliphatic carbocycles. The standard InChI is InChI=1S/C14H18N2/c1-3-16-5-4-11-7-12-6-10(2)15-14(12)8-13(11)9-16/h6-8,15H,3-5,9H2,1-2H3. The van der Waals surface area contributed by atoms with Gasteiger partial charge in [0.25, 0.3) is 0 Å². The molecule has 0 fully saturated rings. The molecule has 1 aliphatic rings. The molecular formula is C14H18N2. The molecule has 0 saturated heterocycles. The van der Waals surface area contributed by atoms with Crippen molar-refractivity contribution in [2.45, 2.75) is 26.8 Å². The average molecular weight is 214 g/mol. The number of aryl methyl sites for hydroxylation is 1. The molecule has 0 spiro atoms. The second-order valence-corrected chi connectivity index (χ2v) is 4.78. The van der Waals surface area contributed by atoms with Gasteiger partial charge < -0.3 is 4.98 Å². The van der Waals surface area contributed by atoms with Crippen molar-refractivity contribution in [1.29, 1.82) is 0 Å². The summed E-state index contributed by atoms with van der Waals surface area (Å²) in [7, 11) is 0. The van der Waals surface area contributed by atoms with Gasteiger partial charge in [-0.3, -0.25) is 4.90 Å². The summed E-state index contributed by atoms with van der Waals surface area (Å²) in [5.74, 6) is 0. The number of aromatic nitrogens is 1. The van der Waals surface area contributed by atoms with E-state index in [4.69, 9.17) is 0 Å². The molecule has 3 rings (SSSR count). The van der Waals surface area contributed by atoms with Crippen LogP contribution >= 0.6 is 0 Å². The number of benzene rings is 1. The fourth-order valence-electron chi connectivity index (χ4n) is 2.67. The van der Waals surface area contributed by atoms with Gasteiger partial charge in [-0.1, -0.05) is 6.92 Å². The third-order valence-corrected chi connectivity index (χ3v) is 3.61. The van der Waals surface area contributed by atoms with Crippen molar-refractivity contribution < 1.29 is 0 Å². The third-order valence-electron chi connectivity index (χ3n) is 3.61. The zero-order valence-electron chi connectivity index (χ0n) is 10.0. The quantitative estimate of drug-likeness (QED) is 0.773. The number of hydrogen-bond donors (Lipinski definition) is 1. The number of likely N-dealkylation sites (N-methyl/N-ethyl adjacent to an activating group) is 1. The number of fused-ring (bicyclic) bond motifs is 2. The van der Waals surface area contributed by atoms with Crippen LogP contribution in [-0.2, 0) is 13.0 Å². The molecule has 0 amide bonds. The van der Waals surface area contributed by atoms with E-state index in [-0.39, 0.29) is 0 Å². The second-order valence-electron chi connectivity index (χ2n) is 4.78. The summed E-state index contributed by atoms with van der Waals surface area (Å²) in [6.07, 6.45) is 1.20. The highest BCUT2D eigenvalue weighted by Gasteiger charge is 2.15. The zero-order valence-corrected chi connectivity index (χ0v) is 10.0. The van der Waals surface area contributed by atoms with Gasteiger partial charge in [-0.15, -0.1) is 0 Å². The summed E-state index contributed by atoms with van der Waals surface area (Å²) in [6.45, 7) is 7.83. The van der Waals surface area contributed by atoms with Crippen LogP contribution in [0.1, 0.15) is 23.7 Å². The Morgan fingerprint density at radius 1 is 1.25 bits per heavy atom. The van der Waals surface area contributed by atoms with Crippen molar-refractivity contribution in [3.63, 3.8) is 0 Å². The van der Waals surface area contributed by atoms with Crippen molar-refractivity contribution in [2.75, 3.05) is 13.1 Å². The van der Waals surface area contributed by atoms with Crippen molar-refractivity contribution in [3.8, 4) is 0 Å². The monoisotopic (exact) mass is 214 g/mol. The molecule has 2 aromatic rings. The maximum Gasteiger partial charge on any atom is 0.0459 e. The molecule has 2 nitrogen and oxygen atoms in total. The first kappa shape index (κ1) is 9.91. The van der Waals surface area contributed by atoms with Crippen LogP contribution in [0, 0.1) is 6.92 Å². The number of H-pyrrole nitrogens is 1. The van der Waals surface area contributed by atoms with Gasteiger partial charge in [-0.25, -0.2) is 0 Å². The van der Waals surface area contributed by atoms with Gasteiger partial charge in [0.05, 0.1) is 0 Å². The van der Waals surface area contributed by atoms with E-state index < -0.39 is 0 Å². The number of nitrogens with zero attached hydrogens (tertiary/aromatic N) is 1. The summed E-state index contributed by atoms with van der Waals surface area (Å²) < 4.78 is 0. The fraction of sp³-hybridized carbons (Fsp3) is 0.429. The molecular weight excluding hydrogens is 196 g/mol. The van der Waals surface area contributed by atoms with E-state index in [1.54, 1.807) is 0 Å². The molecule has 1 N–H and O–H groups in total. The van der Waals surface area contributed by atoms with Gasteiger partial charge in [0, 0.05) is 24.3 Å². The van der Waals surface area contributed by atoms with E-state index in [1.165, 1.54) is 40.7 Å². The minimum Gasteiger partial charge on any atom is -0.359 e. The summed E-state index contributed by atoms with van der Waals surface area (Å²) >= 11 is 0. The van der Waals surface area contributed by atoms with Gasteiger partial charge in [0.15, 0.2) is 0 Å². The van der Waals surface area contributed by atoms with Crippen LogP contribution in [0.4, 0.5) is 0 Å². The first-order chi connectivity index (χ1) is 7.76. The molecule has 0 saturated carbocycles. The van der Waals surface area contributed by atoms with Crippen LogP contribution in [0.2, 0.25) is 0 Å². The Labute approximate surface area is 96.3 Å². The molecule has 0 unspecified atom stereocenters. The summed E-state index contributed by atoms with van der Waals surface area (Å²) in [5.41, 5.74) is 5.58. The lowest BCUT2D eigenvalue weighted by molar-refractivity contribution is 0.268. The Balaban J connectivity index is 2.09. The highest BCUT2D eigenvalue weighted by Crippen LogP contribution is 2.25. The Kier molecular flexibility index (Phi) is 2.25.